The number of nitrogens with one attached hydrogen (secondary N) is 1. The monoisotopic (exact) mass is 928 g/mol. The van der Waals surface area contributed by atoms with Crippen LogP contribution in [0.4, 0.5) is 0 Å². The smallest absolute Gasteiger partial charge is 0.188 e. The number of rotatable bonds is 4. The molecule has 10 heterocycles. The summed E-state index contributed by atoms with van der Waals surface area (Å²) in [5, 5.41) is 62.2. The van der Waals surface area contributed by atoms with Crippen LogP contribution in [0, 0.1) is 58.7 Å². The van der Waals surface area contributed by atoms with Gasteiger partial charge in [-0.2, -0.15) is 0 Å². The van der Waals surface area contributed by atoms with Gasteiger partial charge in [0.1, 0.15) is 29.5 Å². The molecule has 13 bridgehead atoms. The van der Waals surface area contributed by atoms with Crippen LogP contribution in [0.1, 0.15) is 131 Å². The number of aliphatic hydroxyl groups excluding tert-OH is 3. The molecule has 8 N–H and O–H groups in total. The Morgan fingerprint density at radius 3 is 2.59 bits per heavy atom. The number of aliphatic imine (C=N–C) groups is 1. The van der Waals surface area contributed by atoms with Crippen LogP contribution >= 0.6 is 0 Å². The summed E-state index contributed by atoms with van der Waals surface area (Å²) in [6, 6.07) is 11.4. The van der Waals surface area contributed by atoms with Crippen LogP contribution in [0.2, 0.25) is 0 Å². The van der Waals surface area contributed by atoms with E-state index in [0.717, 1.165) is 84.7 Å². The predicted octanol–water partition coefficient (Wildman–Crippen LogP) is 8.64. The number of aliphatic hydroxyl groups is 3. The number of benzene rings is 3. The zero-order chi connectivity index (χ0) is 47.4. The molecule has 0 unspecified atom stereocenters. The molecule has 11 heteroatoms. The molecule has 14 aliphatic rings. The van der Waals surface area contributed by atoms with Gasteiger partial charge in [-0.05, 0) is 164 Å². The second-order valence-electron chi connectivity index (χ2n) is 22.1. The highest BCUT2D eigenvalue weighted by Gasteiger charge is 2.53. The maximum atomic E-state index is 12.3. The van der Waals surface area contributed by atoms with Crippen LogP contribution in [-0.4, -0.2) is 76.1 Å². The van der Waals surface area contributed by atoms with Crippen molar-refractivity contribution >= 4 is 5.96 Å². The van der Waals surface area contributed by atoms with Gasteiger partial charge in [0.15, 0.2) is 17.5 Å². The summed E-state index contributed by atoms with van der Waals surface area (Å²) in [6.45, 7) is 7.59. The van der Waals surface area contributed by atoms with E-state index in [1.54, 1.807) is 13.2 Å². The fourth-order valence-corrected chi connectivity index (χ4v) is 14.0. The lowest BCUT2D eigenvalue weighted by atomic mass is 9.62. The molecule has 364 valence electrons. The number of nitrogens with zero attached hydrogens (tertiary/aromatic N) is 1. The lowest BCUT2D eigenvalue weighted by Crippen LogP contribution is -2.46. The second kappa shape index (κ2) is 19.1. The number of fused-ring (bicyclic) bond motifs is 2. The fraction of sp³-hybridized carbons (Fsp3) is 0.596. The Kier molecular flexibility index (Phi) is 13.2. The minimum absolute atomic E-state index is 0.00597. The number of hydrogen-bond donors (Lipinski definition) is 7. The Bertz CT molecular complexity index is 2490. The highest BCUT2D eigenvalue weighted by atomic mass is 16.5. The highest BCUT2D eigenvalue weighted by Crippen LogP contribution is 2.58. The van der Waals surface area contributed by atoms with E-state index in [9.17, 15) is 25.5 Å². The number of allylic oxidation sites excluding steroid dienone is 2. The molecule has 3 aromatic rings. The van der Waals surface area contributed by atoms with Crippen LogP contribution in [0.3, 0.4) is 0 Å². The van der Waals surface area contributed by atoms with Crippen molar-refractivity contribution in [3.05, 3.63) is 76.4 Å². The largest absolute Gasteiger partial charge is 0.508 e. The first-order chi connectivity index (χ1) is 32.8. The van der Waals surface area contributed by atoms with Gasteiger partial charge in [0.05, 0.1) is 25.4 Å². The average Bonchev–Trinajstić information content (AvgIpc) is 3.62. The van der Waals surface area contributed by atoms with Crippen LogP contribution in [-0.2, 0) is 19.3 Å². The number of phenols is 2. The summed E-state index contributed by atoms with van der Waals surface area (Å²) < 4.78 is 20.2. The van der Waals surface area contributed by atoms with Crippen molar-refractivity contribution in [1.29, 1.82) is 0 Å². The van der Waals surface area contributed by atoms with E-state index < -0.39 is 24.4 Å². The molecule has 11 nitrogen and oxygen atoms in total. The van der Waals surface area contributed by atoms with E-state index in [0.29, 0.717) is 98.0 Å². The van der Waals surface area contributed by atoms with Crippen LogP contribution in [0.15, 0.2) is 53.5 Å². The third kappa shape index (κ3) is 8.95. The zero-order valence-corrected chi connectivity index (χ0v) is 40.4. The van der Waals surface area contributed by atoms with Crippen molar-refractivity contribution < 1.29 is 39.7 Å². The van der Waals surface area contributed by atoms with Crippen LogP contribution in [0.5, 0.6) is 28.7 Å². The normalized spacial score (nSPS) is 34.1. The second-order valence-corrected chi connectivity index (χ2v) is 22.1. The van der Waals surface area contributed by atoms with Gasteiger partial charge in [-0.1, -0.05) is 51.3 Å². The third-order valence-electron chi connectivity index (χ3n) is 17.3. The number of hydrogen-bond acceptors (Lipinski definition) is 11. The van der Waals surface area contributed by atoms with Gasteiger partial charge in [0, 0.05) is 55.0 Å². The average molecular weight is 928 g/mol. The Balaban J connectivity index is 1.10. The molecule has 4 aliphatic carbocycles. The van der Waals surface area contributed by atoms with Gasteiger partial charge in [0.25, 0.3) is 0 Å². The first-order valence-corrected chi connectivity index (χ1v) is 25.8. The van der Waals surface area contributed by atoms with Gasteiger partial charge < -0.3 is 50.8 Å². The van der Waals surface area contributed by atoms with E-state index in [-0.39, 0.29) is 52.8 Å². The van der Waals surface area contributed by atoms with Gasteiger partial charge in [-0.15, -0.1) is 5.92 Å². The van der Waals surface area contributed by atoms with Crippen LogP contribution < -0.4 is 25.3 Å². The fourth-order valence-electron chi connectivity index (χ4n) is 14.0. The third-order valence-corrected chi connectivity index (χ3v) is 17.3. The van der Waals surface area contributed by atoms with Crippen molar-refractivity contribution in [3.8, 4) is 51.7 Å². The molecule has 2 saturated carbocycles. The minimum atomic E-state index is -0.908. The van der Waals surface area contributed by atoms with Crippen LogP contribution in [0.25, 0.3) is 11.1 Å². The molecule has 0 amide bonds. The molecular weight excluding hydrogens is 855 g/mol. The molecule has 2 fully saturated rings. The Labute approximate surface area is 402 Å². The van der Waals surface area contributed by atoms with Crippen molar-refractivity contribution in [2.45, 2.75) is 147 Å². The van der Waals surface area contributed by atoms with Crippen molar-refractivity contribution in [2.75, 3.05) is 20.2 Å². The quantitative estimate of drug-likeness (QED) is 0.0990. The lowest BCUT2D eigenvalue weighted by Gasteiger charge is -2.46. The molecule has 0 radical (unpaired) electrons. The number of aromatic hydroxyl groups is 2. The SMILES string of the molecule is CC[C@H]1C[C@H]2C=C[C@@H]1C[C@@H](O)C[C@@H]1CC#C[C@@H]3C[C@@]4(CCC[C@H](Oc5cc(ccc5O)[C@@H]5Oc6cc(OC)c7c(c6C[C@H]5O)[C@H]2Cc2cc(O)c(CC(C)C)cc2-7)[C@@H]4CCNC(N)=NC1)C[C@@H]3O. The van der Waals surface area contributed by atoms with E-state index in [1.807, 2.05) is 24.3 Å². The van der Waals surface area contributed by atoms with E-state index in [2.05, 4.69) is 56.1 Å². The van der Waals surface area contributed by atoms with Gasteiger partial charge in [-0.25, -0.2) is 0 Å². The van der Waals surface area contributed by atoms with Gasteiger partial charge in [0.2, 0.25) is 0 Å². The summed E-state index contributed by atoms with van der Waals surface area (Å²) in [7, 11) is 1.71. The van der Waals surface area contributed by atoms with Crippen molar-refractivity contribution in [3.63, 3.8) is 0 Å². The number of nitrogens with two attached hydrogens (primary N) is 1. The molecule has 1 spiro atoms. The molecule has 10 aliphatic heterocycles. The zero-order valence-electron chi connectivity index (χ0n) is 40.4. The Morgan fingerprint density at radius 2 is 1.78 bits per heavy atom. The maximum absolute atomic E-state index is 12.3. The van der Waals surface area contributed by atoms with Crippen molar-refractivity contribution in [2.24, 2.45) is 57.6 Å². The molecule has 0 saturated heterocycles. The number of guanidine groups is 1. The minimum Gasteiger partial charge on any atom is -0.508 e. The summed E-state index contributed by atoms with van der Waals surface area (Å²) in [5.41, 5.74) is 13.2. The van der Waals surface area contributed by atoms with E-state index >= 15 is 0 Å². The molecule has 3 aromatic carbocycles. The number of methoxy groups -OCH3 is 1. The first-order valence-electron chi connectivity index (χ1n) is 25.8. The highest BCUT2D eigenvalue weighted by molar-refractivity contribution is 5.84. The summed E-state index contributed by atoms with van der Waals surface area (Å²) in [6.07, 6.45) is 11.9. The summed E-state index contributed by atoms with van der Waals surface area (Å²) in [4.78, 5) is 4.79. The molecule has 68 heavy (non-hydrogen) atoms. The standard InChI is InChI=1S/C57H73N3O8/c1-5-33-20-35-12-11-34(33)21-40(61)19-32-8-6-9-37-28-57(29-48(37)65)16-7-10-49(44(57)15-17-59-56(58)60-30-32)67-51-25-36(13-14-45(51)62)55-47(64)26-43-50(68-55)27-52(66-4)54-42-23-39(18-31(2)3)46(63)24-38(42)22-41(35)53(43)54/h11-14,23-25,27,31-35,37,40-41,44,47-49,55,61-65H,5,7-8,10,15-22,26,28-30H2,1-4H3,(H3,58,59,60)/t32-,33-,34+,35+,37+,40-,41-,44-,47+,48-,49-,55-,57-/m0/s1. The van der Waals surface area contributed by atoms with E-state index in [1.165, 1.54) is 0 Å². The molecule has 17 rings (SSSR count). The summed E-state index contributed by atoms with van der Waals surface area (Å²) in [5.74, 6) is 10.3. The molecule has 13 atom stereocenters. The summed E-state index contributed by atoms with van der Waals surface area (Å²) >= 11 is 0. The lowest BCUT2D eigenvalue weighted by molar-refractivity contribution is -0.0220. The van der Waals surface area contributed by atoms with Gasteiger partial charge >= 0.3 is 0 Å². The number of ether oxygens (including phenoxy) is 3. The Morgan fingerprint density at radius 1 is 0.941 bits per heavy atom. The first kappa shape index (κ1) is 46.8. The predicted molar refractivity (Wildman–Crippen MR) is 264 cm³/mol. The topological polar surface area (TPSA) is 179 Å². The van der Waals surface area contributed by atoms with Gasteiger partial charge in [-0.3, -0.25) is 4.99 Å². The van der Waals surface area contributed by atoms with Crippen molar-refractivity contribution in [1.82, 2.24) is 5.32 Å². The number of phenolic OH excluding ortho intramolecular Hbond substituents is 2. The molecular formula is C57H73N3O8. The van der Waals surface area contributed by atoms with E-state index in [4.69, 9.17) is 24.9 Å². The Hall–Kier alpha value is -4.89. The maximum Gasteiger partial charge on any atom is 0.188 e. The molecule has 0 aromatic heterocycles.